The summed E-state index contributed by atoms with van der Waals surface area (Å²) in [7, 11) is 0. The van der Waals surface area contributed by atoms with Gasteiger partial charge in [-0.15, -0.1) is 5.10 Å². The number of carbonyl (C=O) groups is 1. The van der Waals surface area contributed by atoms with Gasteiger partial charge in [0, 0.05) is 13.1 Å². The minimum absolute atomic E-state index is 0.0760. The number of halogens is 1. The number of aromatic nitrogens is 3. The molecule has 1 N–H and O–H groups in total. The number of imidazole rings is 1. The number of amides is 1. The van der Waals surface area contributed by atoms with Crippen LogP contribution in [0, 0.1) is 5.82 Å². The highest BCUT2D eigenvalue weighted by Crippen LogP contribution is 2.35. The van der Waals surface area contributed by atoms with Crippen molar-refractivity contribution in [2.24, 2.45) is 0 Å². The van der Waals surface area contributed by atoms with Gasteiger partial charge in [-0.1, -0.05) is 12.1 Å². The lowest BCUT2D eigenvalue weighted by molar-refractivity contribution is 0.0949. The minimum Gasteiger partial charge on any atom is -0.351 e. The van der Waals surface area contributed by atoms with Crippen LogP contribution in [0.15, 0.2) is 42.6 Å². The van der Waals surface area contributed by atoms with E-state index in [1.54, 1.807) is 16.6 Å². The van der Waals surface area contributed by atoms with Crippen LogP contribution in [-0.4, -0.2) is 33.6 Å². The van der Waals surface area contributed by atoms with Gasteiger partial charge in [-0.2, -0.15) is 0 Å². The van der Waals surface area contributed by atoms with Crippen LogP contribution in [0.2, 0.25) is 0 Å². The normalized spacial score (nSPS) is 17.0. The lowest BCUT2D eigenvalue weighted by Crippen LogP contribution is -2.26. The molecule has 1 fully saturated rings. The van der Waals surface area contributed by atoms with E-state index in [4.69, 9.17) is 0 Å². The second kappa shape index (κ2) is 6.74. The van der Waals surface area contributed by atoms with Gasteiger partial charge in [0.25, 0.3) is 5.91 Å². The highest BCUT2D eigenvalue weighted by atomic mass is 19.1. The Morgan fingerprint density at radius 1 is 1.35 bits per heavy atom. The summed E-state index contributed by atoms with van der Waals surface area (Å²) in [6.45, 7) is 3.25. The molecule has 1 aromatic carbocycles. The fraction of sp³-hybridized carbons (Fsp3) is 0.316. The van der Waals surface area contributed by atoms with Gasteiger partial charge in [0.05, 0.1) is 12.2 Å². The third kappa shape index (κ3) is 2.89. The Hall–Kier alpha value is -2.96. The van der Waals surface area contributed by atoms with E-state index in [0.717, 1.165) is 30.8 Å². The standard InChI is InChI=1S/C19H20FN5O/c1-2-21-19(26)16-12-22-17-8-9-18(23-25(16)17)24-10-4-7-15(24)13-5-3-6-14(20)11-13/h3,5-6,8-9,11-12,15H,2,4,7,10H2,1H3,(H,21,26). The quantitative estimate of drug-likeness (QED) is 0.783. The first-order chi connectivity index (χ1) is 12.7. The molecule has 26 heavy (non-hydrogen) atoms. The summed E-state index contributed by atoms with van der Waals surface area (Å²) in [6.07, 6.45) is 3.48. The van der Waals surface area contributed by atoms with Crippen LogP contribution in [0.5, 0.6) is 0 Å². The summed E-state index contributed by atoms with van der Waals surface area (Å²) < 4.78 is 15.2. The van der Waals surface area contributed by atoms with Crippen LogP contribution in [0.1, 0.15) is 41.9 Å². The predicted molar refractivity (Wildman–Crippen MR) is 96.7 cm³/mol. The summed E-state index contributed by atoms with van der Waals surface area (Å²) in [5.74, 6) is 0.325. The van der Waals surface area contributed by atoms with E-state index in [9.17, 15) is 9.18 Å². The molecule has 2 aromatic heterocycles. The number of fused-ring (bicyclic) bond motifs is 1. The maximum atomic E-state index is 13.6. The van der Waals surface area contributed by atoms with Gasteiger partial charge in [0.1, 0.15) is 11.6 Å². The zero-order chi connectivity index (χ0) is 18.1. The number of nitrogens with zero attached hydrogens (tertiary/aromatic N) is 4. The smallest absolute Gasteiger partial charge is 0.271 e. The fourth-order valence-electron chi connectivity index (χ4n) is 3.52. The summed E-state index contributed by atoms with van der Waals surface area (Å²) >= 11 is 0. The Morgan fingerprint density at radius 2 is 2.23 bits per heavy atom. The lowest BCUT2D eigenvalue weighted by Gasteiger charge is -2.26. The zero-order valence-corrected chi connectivity index (χ0v) is 14.5. The highest BCUT2D eigenvalue weighted by molar-refractivity contribution is 5.93. The van der Waals surface area contributed by atoms with E-state index in [-0.39, 0.29) is 17.8 Å². The monoisotopic (exact) mass is 353 g/mol. The average Bonchev–Trinajstić information content (AvgIpc) is 3.28. The third-order valence-corrected chi connectivity index (χ3v) is 4.70. The van der Waals surface area contributed by atoms with Crippen LogP contribution >= 0.6 is 0 Å². The molecule has 1 saturated heterocycles. The molecule has 1 unspecified atom stereocenters. The molecule has 7 heteroatoms. The number of anilines is 1. The van der Waals surface area contributed by atoms with Gasteiger partial charge < -0.3 is 10.2 Å². The summed E-state index contributed by atoms with van der Waals surface area (Å²) in [5, 5.41) is 7.42. The van der Waals surface area contributed by atoms with Crippen LogP contribution < -0.4 is 10.2 Å². The van der Waals surface area contributed by atoms with Crippen molar-refractivity contribution in [3.05, 3.63) is 59.7 Å². The minimum atomic E-state index is -0.231. The van der Waals surface area contributed by atoms with Gasteiger partial charge in [-0.05, 0) is 49.6 Å². The predicted octanol–water partition coefficient (Wildman–Crippen LogP) is 2.96. The van der Waals surface area contributed by atoms with E-state index in [1.165, 1.54) is 12.3 Å². The van der Waals surface area contributed by atoms with Crippen molar-refractivity contribution in [1.29, 1.82) is 0 Å². The zero-order valence-electron chi connectivity index (χ0n) is 14.5. The van der Waals surface area contributed by atoms with Gasteiger partial charge in [-0.3, -0.25) is 4.79 Å². The molecule has 0 radical (unpaired) electrons. The molecule has 1 amide bonds. The molecule has 134 valence electrons. The van der Waals surface area contributed by atoms with Crippen molar-refractivity contribution in [2.75, 3.05) is 18.0 Å². The van der Waals surface area contributed by atoms with Crippen molar-refractivity contribution in [3.63, 3.8) is 0 Å². The van der Waals surface area contributed by atoms with E-state index in [2.05, 4.69) is 20.3 Å². The average molecular weight is 353 g/mol. The van der Waals surface area contributed by atoms with E-state index in [0.29, 0.717) is 17.9 Å². The molecule has 6 nitrogen and oxygen atoms in total. The van der Waals surface area contributed by atoms with Gasteiger partial charge in [-0.25, -0.2) is 13.9 Å². The van der Waals surface area contributed by atoms with Crippen LogP contribution in [0.3, 0.4) is 0 Å². The lowest BCUT2D eigenvalue weighted by atomic mass is 10.0. The number of rotatable bonds is 4. The first-order valence-electron chi connectivity index (χ1n) is 8.82. The summed E-state index contributed by atoms with van der Waals surface area (Å²) in [6, 6.07) is 10.6. The molecule has 3 heterocycles. The SMILES string of the molecule is CCNC(=O)c1cnc2ccc(N3CCCC3c3cccc(F)c3)nn12. The van der Waals surface area contributed by atoms with Gasteiger partial charge >= 0.3 is 0 Å². The molecule has 3 aromatic rings. The summed E-state index contributed by atoms with van der Waals surface area (Å²) in [4.78, 5) is 18.6. The number of carbonyl (C=O) groups excluding carboxylic acids is 1. The number of nitrogens with one attached hydrogen (secondary N) is 1. The Morgan fingerprint density at radius 3 is 3.04 bits per heavy atom. The Kier molecular flexibility index (Phi) is 4.28. The topological polar surface area (TPSA) is 62.5 Å². The molecule has 0 aliphatic carbocycles. The molecular formula is C19H20FN5O. The molecular weight excluding hydrogens is 333 g/mol. The first-order valence-corrected chi connectivity index (χ1v) is 8.82. The first kappa shape index (κ1) is 16.5. The molecule has 0 saturated carbocycles. The van der Waals surface area contributed by atoms with E-state index in [1.807, 2.05) is 25.1 Å². The van der Waals surface area contributed by atoms with Crippen LogP contribution in [0.25, 0.3) is 5.65 Å². The molecule has 1 aliphatic rings. The molecule has 1 aliphatic heterocycles. The number of benzene rings is 1. The maximum Gasteiger partial charge on any atom is 0.271 e. The van der Waals surface area contributed by atoms with Crippen molar-refractivity contribution >= 4 is 17.4 Å². The van der Waals surface area contributed by atoms with Gasteiger partial charge in [0.2, 0.25) is 0 Å². The molecule has 0 spiro atoms. The largest absolute Gasteiger partial charge is 0.351 e. The Bertz CT molecular complexity index is 954. The highest BCUT2D eigenvalue weighted by Gasteiger charge is 2.28. The molecule has 0 bridgehead atoms. The van der Waals surface area contributed by atoms with E-state index < -0.39 is 0 Å². The second-order valence-electron chi connectivity index (χ2n) is 6.37. The van der Waals surface area contributed by atoms with Crippen molar-refractivity contribution in [3.8, 4) is 0 Å². The van der Waals surface area contributed by atoms with Gasteiger partial charge in [0.15, 0.2) is 11.3 Å². The third-order valence-electron chi connectivity index (χ3n) is 4.70. The van der Waals surface area contributed by atoms with Crippen molar-refractivity contribution in [2.45, 2.75) is 25.8 Å². The second-order valence-corrected chi connectivity index (χ2v) is 6.37. The van der Waals surface area contributed by atoms with Crippen LogP contribution in [0.4, 0.5) is 10.2 Å². The van der Waals surface area contributed by atoms with Crippen LogP contribution in [-0.2, 0) is 0 Å². The number of hydrogen-bond donors (Lipinski definition) is 1. The van der Waals surface area contributed by atoms with E-state index >= 15 is 0 Å². The summed E-state index contributed by atoms with van der Waals surface area (Å²) in [5.41, 5.74) is 1.97. The Labute approximate surface area is 150 Å². The number of hydrogen-bond acceptors (Lipinski definition) is 4. The van der Waals surface area contributed by atoms with Crippen molar-refractivity contribution in [1.82, 2.24) is 19.9 Å². The maximum absolute atomic E-state index is 13.6. The Balaban J connectivity index is 1.71. The fourth-order valence-corrected chi connectivity index (χ4v) is 3.52. The van der Waals surface area contributed by atoms with Crippen molar-refractivity contribution < 1.29 is 9.18 Å². The molecule has 1 atom stereocenters. The molecule has 4 rings (SSSR count).